The minimum Gasteiger partial charge on any atom is -0.467 e. The number of nitrogens with one attached hydrogen (secondary N) is 1. The molecule has 3 rings (SSSR count). The number of carbonyl (C=O) groups is 1. The molecule has 1 fully saturated rings. The third kappa shape index (κ3) is 2.06. The van der Waals surface area contributed by atoms with Crippen molar-refractivity contribution in [2.45, 2.75) is 25.4 Å². The van der Waals surface area contributed by atoms with Gasteiger partial charge in [-0.05, 0) is 25.0 Å². The van der Waals surface area contributed by atoms with E-state index in [2.05, 4.69) is 15.2 Å². The minimum absolute atomic E-state index is 0.0760. The number of rotatable bonds is 4. The summed E-state index contributed by atoms with van der Waals surface area (Å²) in [5, 5.41) is 6.21. The number of nitrogens with zero attached hydrogens (tertiary/aromatic N) is 3. The van der Waals surface area contributed by atoms with Crippen molar-refractivity contribution >= 4 is 11.9 Å². The smallest absolute Gasteiger partial charge is 0.291 e. The normalized spacial score (nSPS) is 14.7. The second-order valence-electron chi connectivity index (χ2n) is 4.29. The number of hydrogen-bond donors (Lipinski definition) is 2. The van der Waals surface area contributed by atoms with E-state index in [0.717, 1.165) is 18.6 Å². The lowest BCUT2D eigenvalue weighted by atomic mass is 10.3. The molecule has 0 radical (unpaired) electrons. The second kappa shape index (κ2) is 4.17. The van der Waals surface area contributed by atoms with Crippen LogP contribution in [-0.2, 0) is 6.54 Å². The van der Waals surface area contributed by atoms with E-state index in [0.29, 0.717) is 6.54 Å². The van der Waals surface area contributed by atoms with Gasteiger partial charge in [-0.1, -0.05) is 0 Å². The highest BCUT2D eigenvalue weighted by Crippen LogP contribution is 2.29. The van der Waals surface area contributed by atoms with Crippen molar-refractivity contribution in [2.75, 3.05) is 5.73 Å². The zero-order valence-electron chi connectivity index (χ0n) is 9.67. The Morgan fingerprint density at radius 2 is 2.44 bits per heavy atom. The van der Waals surface area contributed by atoms with Gasteiger partial charge in [0.25, 0.3) is 5.91 Å². The van der Waals surface area contributed by atoms with Crippen LogP contribution in [0.3, 0.4) is 0 Å². The fourth-order valence-electron chi connectivity index (χ4n) is 1.83. The maximum absolute atomic E-state index is 12.3. The molecular formula is C11H13N5O2. The Labute approximate surface area is 103 Å². The molecule has 1 saturated carbocycles. The first kappa shape index (κ1) is 10.8. The van der Waals surface area contributed by atoms with Crippen LogP contribution in [0.5, 0.6) is 0 Å². The molecule has 0 spiro atoms. The summed E-state index contributed by atoms with van der Waals surface area (Å²) in [7, 11) is 0. The summed E-state index contributed by atoms with van der Waals surface area (Å²) in [5.74, 6) is 0.805. The van der Waals surface area contributed by atoms with Crippen molar-refractivity contribution in [2.24, 2.45) is 0 Å². The molecule has 3 N–H and O–H groups in total. The van der Waals surface area contributed by atoms with Gasteiger partial charge in [-0.2, -0.15) is 4.98 Å². The van der Waals surface area contributed by atoms with Gasteiger partial charge in [0.1, 0.15) is 5.76 Å². The van der Waals surface area contributed by atoms with Crippen molar-refractivity contribution in [3.63, 3.8) is 0 Å². The monoisotopic (exact) mass is 247 g/mol. The number of anilines is 1. The summed E-state index contributed by atoms with van der Waals surface area (Å²) in [6.07, 6.45) is 3.61. The van der Waals surface area contributed by atoms with Crippen LogP contribution in [0.2, 0.25) is 0 Å². The molecule has 94 valence electrons. The molecule has 0 unspecified atom stereocenters. The maximum Gasteiger partial charge on any atom is 0.291 e. The molecule has 0 aromatic carbocycles. The Hall–Kier alpha value is -2.31. The van der Waals surface area contributed by atoms with Crippen LogP contribution in [0.15, 0.2) is 22.8 Å². The molecule has 1 amide bonds. The van der Waals surface area contributed by atoms with Crippen LogP contribution >= 0.6 is 0 Å². The lowest BCUT2D eigenvalue weighted by Crippen LogP contribution is -2.33. The topological polar surface area (TPSA) is 101 Å². The van der Waals surface area contributed by atoms with Crippen LogP contribution in [0.4, 0.5) is 5.95 Å². The number of aromatic amines is 1. The van der Waals surface area contributed by atoms with Gasteiger partial charge in [0, 0.05) is 6.04 Å². The van der Waals surface area contributed by atoms with Gasteiger partial charge < -0.3 is 15.1 Å². The summed E-state index contributed by atoms with van der Waals surface area (Å²) in [4.78, 5) is 17.9. The van der Waals surface area contributed by atoms with E-state index >= 15 is 0 Å². The number of amides is 1. The van der Waals surface area contributed by atoms with E-state index in [1.807, 2.05) is 6.07 Å². The third-order valence-corrected chi connectivity index (χ3v) is 2.86. The van der Waals surface area contributed by atoms with Crippen LogP contribution in [0, 0.1) is 0 Å². The fourth-order valence-corrected chi connectivity index (χ4v) is 1.83. The fraction of sp³-hybridized carbons (Fsp3) is 0.364. The predicted octanol–water partition coefficient (Wildman–Crippen LogP) is 0.785. The van der Waals surface area contributed by atoms with Gasteiger partial charge in [-0.25, -0.2) is 0 Å². The summed E-state index contributed by atoms with van der Waals surface area (Å²) in [6.45, 7) is 0.442. The summed E-state index contributed by atoms with van der Waals surface area (Å²) >= 11 is 0. The number of nitrogens with two attached hydrogens (primary N) is 1. The lowest BCUT2D eigenvalue weighted by molar-refractivity contribution is 0.0705. The molecular weight excluding hydrogens is 234 g/mol. The van der Waals surface area contributed by atoms with Crippen LogP contribution in [0.25, 0.3) is 0 Å². The van der Waals surface area contributed by atoms with Gasteiger partial charge >= 0.3 is 0 Å². The van der Waals surface area contributed by atoms with E-state index < -0.39 is 0 Å². The zero-order valence-corrected chi connectivity index (χ0v) is 9.67. The van der Waals surface area contributed by atoms with Gasteiger partial charge in [-0.3, -0.25) is 9.89 Å². The maximum atomic E-state index is 12.3. The van der Waals surface area contributed by atoms with Gasteiger partial charge in [-0.15, -0.1) is 5.10 Å². The molecule has 1 aliphatic carbocycles. The highest BCUT2D eigenvalue weighted by molar-refractivity contribution is 5.91. The van der Waals surface area contributed by atoms with Gasteiger partial charge in [0.15, 0.2) is 0 Å². The van der Waals surface area contributed by atoms with Gasteiger partial charge in [0.2, 0.25) is 11.8 Å². The van der Waals surface area contributed by atoms with Crippen LogP contribution in [0.1, 0.15) is 29.2 Å². The lowest BCUT2D eigenvalue weighted by Gasteiger charge is -2.19. The van der Waals surface area contributed by atoms with Crippen molar-refractivity contribution in [3.8, 4) is 0 Å². The molecule has 0 aliphatic heterocycles. The number of nitrogen functional groups attached to an aromatic ring is 1. The van der Waals surface area contributed by atoms with Crippen LogP contribution in [-0.4, -0.2) is 32.0 Å². The first-order chi connectivity index (χ1) is 8.74. The number of furan rings is 1. The number of H-pyrrole nitrogens is 1. The average molecular weight is 247 g/mol. The SMILES string of the molecule is Nc1n[nH]c(C(=O)N(Cc2ccco2)C2CC2)n1. The Bertz CT molecular complexity index is 544. The molecule has 2 aromatic rings. The molecule has 0 saturated heterocycles. The molecule has 2 aromatic heterocycles. The van der Waals surface area contributed by atoms with E-state index in [4.69, 9.17) is 10.2 Å². The first-order valence-corrected chi connectivity index (χ1v) is 5.75. The minimum atomic E-state index is -0.196. The number of hydrogen-bond acceptors (Lipinski definition) is 5. The van der Waals surface area contributed by atoms with Crippen LogP contribution < -0.4 is 5.73 Å². The molecule has 0 bridgehead atoms. The quantitative estimate of drug-likeness (QED) is 0.831. The van der Waals surface area contributed by atoms with Crippen molar-refractivity contribution in [3.05, 3.63) is 30.0 Å². The van der Waals surface area contributed by atoms with E-state index in [-0.39, 0.29) is 23.7 Å². The van der Waals surface area contributed by atoms with E-state index in [1.165, 1.54) is 0 Å². The number of aromatic nitrogens is 3. The summed E-state index contributed by atoms with van der Waals surface area (Å²) < 4.78 is 5.27. The molecule has 0 atom stereocenters. The highest BCUT2D eigenvalue weighted by Gasteiger charge is 2.34. The van der Waals surface area contributed by atoms with E-state index in [9.17, 15) is 4.79 Å². The van der Waals surface area contributed by atoms with E-state index in [1.54, 1.807) is 17.2 Å². The standard InChI is InChI=1S/C11H13N5O2/c12-11-13-9(14-15-11)10(17)16(7-3-4-7)6-8-2-1-5-18-8/h1-2,5,7H,3-4,6H2,(H3,12,13,14,15). The van der Waals surface area contributed by atoms with Crippen molar-refractivity contribution < 1.29 is 9.21 Å². The average Bonchev–Trinajstić information content (AvgIpc) is 2.88. The number of carbonyl (C=O) groups excluding carboxylic acids is 1. The molecule has 18 heavy (non-hydrogen) atoms. The predicted molar refractivity (Wildman–Crippen MR) is 62.4 cm³/mol. The van der Waals surface area contributed by atoms with Crippen molar-refractivity contribution in [1.82, 2.24) is 20.1 Å². The molecule has 7 nitrogen and oxygen atoms in total. The Morgan fingerprint density at radius 1 is 1.61 bits per heavy atom. The molecule has 1 aliphatic rings. The first-order valence-electron chi connectivity index (χ1n) is 5.75. The summed E-state index contributed by atoms with van der Waals surface area (Å²) in [6, 6.07) is 3.91. The highest BCUT2D eigenvalue weighted by atomic mass is 16.3. The largest absolute Gasteiger partial charge is 0.467 e. The van der Waals surface area contributed by atoms with Gasteiger partial charge in [0.05, 0.1) is 12.8 Å². The Kier molecular flexibility index (Phi) is 2.51. The third-order valence-electron chi connectivity index (χ3n) is 2.86. The molecule has 7 heteroatoms. The molecule has 2 heterocycles. The second-order valence-corrected chi connectivity index (χ2v) is 4.29. The summed E-state index contributed by atoms with van der Waals surface area (Å²) in [5.41, 5.74) is 5.40. The Balaban J connectivity index is 1.79. The van der Waals surface area contributed by atoms with Crippen molar-refractivity contribution in [1.29, 1.82) is 0 Å². The Morgan fingerprint density at radius 3 is 3.00 bits per heavy atom. The zero-order chi connectivity index (χ0) is 12.5.